The van der Waals surface area contributed by atoms with Crippen molar-refractivity contribution in [2.75, 3.05) is 6.61 Å². The Kier molecular flexibility index (Phi) is 5.79. The van der Waals surface area contributed by atoms with E-state index in [1.807, 2.05) is 0 Å². The third kappa shape index (κ3) is 4.79. The van der Waals surface area contributed by atoms with Gasteiger partial charge in [-0.25, -0.2) is 13.6 Å². The van der Waals surface area contributed by atoms with Crippen LogP contribution in [0, 0.1) is 11.6 Å². The summed E-state index contributed by atoms with van der Waals surface area (Å²) in [4.78, 5) is 23.2. The van der Waals surface area contributed by atoms with Gasteiger partial charge in [0.2, 0.25) is 0 Å². The first-order valence-corrected chi connectivity index (χ1v) is 8.44. The number of carbonyl (C=O) groups is 2. The Morgan fingerprint density at radius 2 is 1.64 bits per heavy atom. The van der Waals surface area contributed by atoms with E-state index in [2.05, 4.69) is 0 Å². The first kappa shape index (κ1) is 19.2. The van der Waals surface area contributed by atoms with Crippen LogP contribution in [0.5, 0.6) is 5.75 Å². The lowest BCUT2D eigenvalue weighted by Crippen LogP contribution is -2.10. The molecule has 6 heteroatoms. The molecule has 0 spiro atoms. The van der Waals surface area contributed by atoms with Crippen molar-refractivity contribution in [3.05, 3.63) is 89.5 Å². The number of carboxylic acids is 1. The first-order chi connectivity index (χ1) is 13.4. The van der Waals surface area contributed by atoms with Gasteiger partial charge in [-0.3, -0.25) is 4.79 Å². The smallest absolute Gasteiger partial charge is 0.341 e. The van der Waals surface area contributed by atoms with Crippen molar-refractivity contribution in [1.82, 2.24) is 0 Å². The summed E-state index contributed by atoms with van der Waals surface area (Å²) in [6.07, 6.45) is -0.0895. The van der Waals surface area contributed by atoms with Gasteiger partial charge in [0.05, 0.1) is 5.56 Å². The molecule has 3 aromatic carbocycles. The zero-order chi connectivity index (χ0) is 20.1. The summed E-state index contributed by atoms with van der Waals surface area (Å²) in [7, 11) is 0. The van der Waals surface area contributed by atoms with Crippen LogP contribution >= 0.6 is 0 Å². The third-order valence-corrected chi connectivity index (χ3v) is 4.05. The van der Waals surface area contributed by atoms with E-state index in [-0.39, 0.29) is 12.0 Å². The molecule has 0 atom stereocenters. The first-order valence-electron chi connectivity index (χ1n) is 8.44. The molecule has 0 aliphatic heterocycles. The molecule has 142 valence electrons. The number of ketones is 1. The molecule has 0 heterocycles. The molecule has 0 aliphatic carbocycles. The van der Waals surface area contributed by atoms with Gasteiger partial charge in [0.25, 0.3) is 0 Å². The number of aliphatic carboxylic acids is 1. The minimum Gasteiger partial charge on any atom is -0.482 e. The lowest BCUT2D eigenvalue weighted by Gasteiger charge is -2.08. The molecule has 1 N–H and O–H groups in total. The number of rotatable bonds is 7. The van der Waals surface area contributed by atoms with Gasteiger partial charge in [-0.1, -0.05) is 30.3 Å². The van der Waals surface area contributed by atoms with Crippen molar-refractivity contribution in [3.8, 4) is 16.9 Å². The maximum atomic E-state index is 14.2. The van der Waals surface area contributed by atoms with Gasteiger partial charge >= 0.3 is 5.97 Å². The quantitative estimate of drug-likeness (QED) is 0.610. The number of benzene rings is 3. The zero-order valence-electron chi connectivity index (χ0n) is 14.7. The maximum absolute atomic E-state index is 14.2. The van der Waals surface area contributed by atoms with Crippen LogP contribution in [0.25, 0.3) is 11.1 Å². The Bertz CT molecular complexity index is 1030. The molecule has 0 saturated carbocycles. The fourth-order valence-electron chi connectivity index (χ4n) is 2.76. The zero-order valence-corrected chi connectivity index (χ0v) is 14.7. The number of hydrogen-bond acceptors (Lipinski definition) is 3. The van der Waals surface area contributed by atoms with E-state index < -0.39 is 30.0 Å². The summed E-state index contributed by atoms with van der Waals surface area (Å²) in [5.74, 6) is -2.35. The number of ether oxygens (including phenoxy) is 1. The average Bonchev–Trinajstić information content (AvgIpc) is 2.67. The summed E-state index contributed by atoms with van der Waals surface area (Å²) in [5.41, 5.74) is 1.53. The van der Waals surface area contributed by atoms with Gasteiger partial charge in [-0.2, -0.15) is 0 Å². The highest BCUT2D eigenvalue weighted by Gasteiger charge is 2.15. The lowest BCUT2D eigenvalue weighted by molar-refractivity contribution is -0.139. The second-order valence-electron chi connectivity index (χ2n) is 6.13. The van der Waals surface area contributed by atoms with E-state index in [1.165, 1.54) is 42.5 Å². The Morgan fingerprint density at radius 1 is 0.893 bits per heavy atom. The molecule has 0 saturated heterocycles. The third-order valence-electron chi connectivity index (χ3n) is 4.05. The van der Waals surface area contributed by atoms with Crippen LogP contribution in [0.15, 0.2) is 66.7 Å². The monoisotopic (exact) mass is 382 g/mol. The fraction of sp³-hybridized carbons (Fsp3) is 0.0909. The van der Waals surface area contributed by atoms with Gasteiger partial charge in [-0.05, 0) is 53.1 Å². The summed E-state index contributed by atoms with van der Waals surface area (Å²) in [5, 5.41) is 8.66. The van der Waals surface area contributed by atoms with E-state index in [1.54, 1.807) is 24.3 Å². The van der Waals surface area contributed by atoms with E-state index in [9.17, 15) is 18.4 Å². The van der Waals surface area contributed by atoms with Gasteiger partial charge < -0.3 is 9.84 Å². The lowest BCUT2D eigenvalue weighted by atomic mass is 9.97. The van der Waals surface area contributed by atoms with E-state index >= 15 is 0 Å². The Morgan fingerprint density at radius 3 is 2.39 bits per heavy atom. The summed E-state index contributed by atoms with van der Waals surface area (Å²) >= 11 is 0. The molecule has 0 aromatic heterocycles. The SMILES string of the molecule is O=C(O)COc1cccc(CC(=O)c2cc(-c3cccc(F)c3)ccc2F)c1. The second kappa shape index (κ2) is 8.43. The Balaban J connectivity index is 1.82. The van der Waals surface area contributed by atoms with Crippen LogP contribution in [0.3, 0.4) is 0 Å². The van der Waals surface area contributed by atoms with Crippen molar-refractivity contribution >= 4 is 11.8 Å². The molecular formula is C22H16F2O4. The molecule has 0 fully saturated rings. The summed E-state index contributed by atoms with van der Waals surface area (Å²) in [6, 6.07) is 16.3. The van der Waals surface area contributed by atoms with Crippen LogP contribution in [-0.4, -0.2) is 23.5 Å². The summed E-state index contributed by atoms with van der Waals surface area (Å²) in [6.45, 7) is -0.498. The topological polar surface area (TPSA) is 63.6 Å². The number of carbonyl (C=O) groups excluding carboxylic acids is 1. The molecular weight excluding hydrogens is 366 g/mol. The largest absolute Gasteiger partial charge is 0.482 e. The van der Waals surface area contributed by atoms with E-state index in [4.69, 9.17) is 9.84 Å². The van der Waals surface area contributed by atoms with Crippen LogP contribution in [0.1, 0.15) is 15.9 Å². The van der Waals surface area contributed by atoms with E-state index in [0.29, 0.717) is 22.4 Å². The van der Waals surface area contributed by atoms with Gasteiger partial charge in [0.15, 0.2) is 12.4 Å². The van der Waals surface area contributed by atoms with Crippen molar-refractivity contribution in [2.24, 2.45) is 0 Å². The van der Waals surface area contributed by atoms with Crippen LogP contribution in [0.2, 0.25) is 0 Å². The van der Waals surface area contributed by atoms with Crippen molar-refractivity contribution in [1.29, 1.82) is 0 Å². The van der Waals surface area contributed by atoms with Gasteiger partial charge in [-0.15, -0.1) is 0 Å². The number of hydrogen-bond donors (Lipinski definition) is 1. The predicted molar refractivity (Wildman–Crippen MR) is 99.4 cm³/mol. The fourth-order valence-corrected chi connectivity index (χ4v) is 2.76. The normalized spacial score (nSPS) is 10.5. The molecule has 3 aromatic rings. The highest BCUT2D eigenvalue weighted by molar-refractivity contribution is 5.98. The summed E-state index contributed by atoms with van der Waals surface area (Å²) < 4.78 is 32.7. The predicted octanol–water partition coefficient (Wildman–Crippen LogP) is 4.52. The van der Waals surface area contributed by atoms with Crippen molar-refractivity contribution in [3.63, 3.8) is 0 Å². The maximum Gasteiger partial charge on any atom is 0.341 e. The Labute approximate surface area is 160 Å². The van der Waals surface area contributed by atoms with Crippen LogP contribution in [-0.2, 0) is 11.2 Å². The molecule has 0 unspecified atom stereocenters. The Hall–Kier alpha value is -3.54. The van der Waals surface area contributed by atoms with Crippen molar-refractivity contribution < 1.29 is 28.2 Å². The minimum atomic E-state index is -1.11. The molecule has 0 bridgehead atoms. The van der Waals surface area contributed by atoms with Gasteiger partial charge in [0.1, 0.15) is 17.4 Å². The number of halogens is 2. The molecule has 0 radical (unpaired) electrons. The molecule has 4 nitrogen and oxygen atoms in total. The van der Waals surface area contributed by atoms with E-state index in [0.717, 1.165) is 0 Å². The molecule has 28 heavy (non-hydrogen) atoms. The van der Waals surface area contributed by atoms with Crippen LogP contribution in [0.4, 0.5) is 8.78 Å². The molecule has 0 amide bonds. The molecule has 0 aliphatic rings. The standard InChI is InChI=1S/C22H16F2O4/c23-17-5-2-4-15(11-17)16-7-8-20(24)19(12-16)21(25)10-14-3-1-6-18(9-14)28-13-22(26)27/h1-9,11-12H,10,13H2,(H,26,27). The molecule has 3 rings (SSSR count). The minimum absolute atomic E-state index is 0.0895. The van der Waals surface area contributed by atoms with Crippen molar-refractivity contribution in [2.45, 2.75) is 6.42 Å². The highest BCUT2D eigenvalue weighted by Crippen LogP contribution is 2.24. The highest BCUT2D eigenvalue weighted by atomic mass is 19.1. The second-order valence-corrected chi connectivity index (χ2v) is 6.13. The van der Waals surface area contributed by atoms with Gasteiger partial charge in [0, 0.05) is 6.42 Å². The average molecular weight is 382 g/mol. The van der Waals surface area contributed by atoms with Crippen LogP contribution < -0.4 is 4.74 Å². The number of carboxylic acid groups (broad SMARTS) is 1. The number of Topliss-reactive ketones (excluding diaryl/α,β-unsaturated/α-hetero) is 1.